The van der Waals surface area contributed by atoms with E-state index in [9.17, 15) is 4.79 Å². The van der Waals surface area contributed by atoms with Gasteiger partial charge < -0.3 is 14.8 Å². The van der Waals surface area contributed by atoms with Gasteiger partial charge in [0, 0.05) is 29.9 Å². The zero-order valence-corrected chi connectivity index (χ0v) is 13.4. The van der Waals surface area contributed by atoms with Crippen LogP contribution in [0.25, 0.3) is 0 Å². The van der Waals surface area contributed by atoms with Crippen molar-refractivity contribution in [1.82, 2.24) is 10.2 Å². The van der Waals surface area contributed by atoms with Gasteiger partial charge in [0.2, 0.25) is 0 Å². The molecule has 21 heavy (non-hydrogen) atoms. The molecule has 118 valence electrons. The van der Waals surface area contributed by atoms with E-state index in [-0.39, 0.29) is 5.91 Å². The van der Waals surface area contributed by atoms with Gasteiger partial charge in [-0.15, -0.1) is 11.3 Å². The lowest BCUT2D eigenvalue weighted by Crippen LogP contribution is -2.38. The predicted molar refractivity (Wildman–Crippen MR) is 83.9 cm³/mol. The van der Waals surface area contributed by atoms with Crippen molar-refractivity contribution in [3.05, 3.63) is 21.9 Å². The molecule has 1 saturated heterocycles. The Labute approximate surface area is 130 Å². The molecule has 0 spiro atoms. The van der Waals surface area contributed by atoms with E-state index in [0.717, 1.165) is 44.7 Å². The molecule has 2 heterocycles. The second-order valence-corrected chi connectivity index (χ2v) is 6.03. The van der Waals surface area contributed by atoms with Crippen LogP contribution < -0.4 is 5.32 Å². The number of rotatable bonds is 8. The van der Waals surface area contributed by atoms with Crippen LogP contribution in [0.5, 0.6) is 0 Å². The van der Waals surface area contributed by atoms with Crippen LogP contribution in [0.15, 0.2) is 11.4 Å². The standard InChI is InChI=1S/C15H24N2O3S/c1-2-14-10-13(11-21-14)15(18)16-4-3-7-20-12-17-5-8-19-9-6-17/h10-11H,2-9,12H2,1H3,(H,16,18). The molecule has 0 saturated carbocycles. The summed E-state index contributed by atoms with van der Waals surface area (Å²) >= 11 is 1.64. The van der Waals surface area contributed by atoms with E-state index in [1.54, 1.807) is 11.3 Å². The fraction of sp³-hybridized carbons (Fsp3) is 0.667. The van der Waals surface area contributed by atoms with Crippen molar-refractivity contribution in [3.8, 4) is 0 Å². The molecule has 1 aromatic heterocycles. The third-order valence-electron chi connectivity index (χ3n) is 3.39. The molecular formula is C15H24N2O3S. The van der Waals surface area contributed by atoms with Crippen LogP contribution in [0.4, 0.5) is 0 Å². The lowest BCUT2D eigenvalue weighted by molar-refractivity contribution is -0.0329. The number of carbonyl (C=O) groups is 1. The second-order valence-electron chi connectivity index (χ2n) is 5.03. The number of thiophene rings is 1. The highest BCUT2D eigenvalue weighted by atomic mass is 32.1. The van der Waals surface area contributed by atoms with Crippen LogP contribution in [0.3, 0.4) is 0 Å². The van der Waals surface area contributed by atoms with Gasteiger partial charge in [-0.05, 0) is 18.9 Å². The van der Waals surface area contributed by atoms with Crippen LogP contribution in [0.1, 0.15) is 28.6 Å². The molecule has 1 aromatic rings. The fourth-order valence-electron chi connectivity index (χ4n) is 2.09. The molecule has 1 aliphatic rings. The molecule has 0 unspecified atom stereocenters. The Bertz CT molecular complexity index is 430. The minimum atomic E-state index is 0.0131. The predicted octanol–water partition coefficient (Wildman–Crippen LogP) is 1.74. The molecule has 0 atom stereocenters. The van der Waals surface area contributed by atoms with Gasteiger partial charge in [0.1, 0.15) is 0 Å². The van der Waals surface area contributed by atoms with Gasteiger partial charge in [-0.2, -0.15) is 0 Å². The van der Waals surface area contributed by atoms with E-state index in [4.69, 9.17) is 9.47 Å². The average Bonchev–Trinajstić information content (AvgIpc) is 3.00. The second kappa shape index (κ2) is 9.15. The number of carbonyl (C=O) groups excluding carboxylic acids is 1. The molecule has 1 fully saturated rings. The van der Waals surface area contributed by atoms with Gasteiger partial charge in [-0.1, -0.05) is 6.92 Å². The highest BCUT2D eigenvalue weighted by Crippen LogP contribution is 2.14. The Morgan fingerprint density at radius 3 is 3.00 bits per heavy atom. The van der Waals surface area contributed by atoms with Crippen LogP contribution in [0, 0.1) is 0 Å². The number of morpholine rings is 1. The lowest BCUT2D eigenvalue weighted by atomic mass is 10.2. The zero-order valence-electron chi connectivity index (χ0n) is 12.6. The van der Waals surface area contributed by atoms with E-state index >= 15 is 0 Å². The third kappa shape index (κ3) is 5.74. The lowest BCUT2D eigenvalue weighted by Gasteiger charge is -2.26. The van der Waals surface area contributed by atoms with Gasteiger partial charge in [0.25, 0.3) is 5.91 Å². The summed E-state index contributed by atoms with van der Waals surface area (Å²) in [6.07, 6.45) is 1.81. The van der Waals surface area contributed by atoms with Gasteiger partial charge in [-0.3, -0.25) is 9.69 Å². The zero-order chi connectivity index (χ0) is 14.9. The summed E-state index contributed by atoms with van der Waals surface area (Å²) in [6.45, 7) is 7.53. The molecule has 0 aliphatic carbocycles. The summed E-state index contributed by atoms with van der Waals surface area (Å²) in [4.78, 5) is 15.4. The molecule has 1 N–H and O–H groups in total. The highest BCUT2D eigenvalue weighted by molar-refractivity contribution is 7.10. The Hall–Kier alpha value is -0.950. The van der Waals surface area contributed by atoms with Gasteiger partial charge in [0.05, 0.1) is 32.1 Å². The fourth-order valence-corrected chi connectivity index (χ4v) is 2.90. The van der Waals surface area contributed by atoms with Crippen molar-refractivity contribution >= 4 is 17.2 Å². The van der Waals surface area contributed by atoms with Gasteiger partial charge in [-0.25, -0.2) is 0 Å². The first kappa shape index (κ1) is 16.4. The van der Waals surface area contributed by atoms with Crippen molar-refractivity contribution in [2.24, 2.45) is 0 Å². The minimum absolute atomic E-state index is 0.0131. The maximum Gasteiger partial charge on any atom is 0.252 e. The number of nitrogens with one attached hydrogen (secondary N) is 1. The topological polar surface area (TPSA) is 50.8 Å². The van der Waals surface area contributed by atoms with Crippen molar-refractivity contribution < 1.29 is 14.3 Å². The smallest absolute Gasteiger partial charge is 0.252 e. The largest absolute Gasteiger partial charge is 0.379 e. The Balaban J connectivity index is 1.52. The first-order chi connectivity index (χ1) is 10.3. The molecule has 0 bridgehead atoms. The van der Waals surface area contributed by atoms with Crippen LogP contribution in [0.2, 0.25) is 0 Å². The SMILES string of the molecule is CCc1cc(C(=O)NCCCOCN2CCOCC2)cs1. The van der Waals surface area contributed by atoms with Crippen molar-refractivity contribution in [2.75, 3.05) is 46.2 Å². The van der Waals surface area contributed by atoms with E-state index in [2.05, 4.69) is 17.1 Å². The van der Waals surface area contributed by atoms with Gasteiger partial charge in [0.15, 0.2) is 0 Å². The summed E-state index contributed by atoms with van der Waals surface area (Å²) in [7, 11) is 0. The van der Waals surface area contributed by atoms with E-state index in [0.29, 0.717) is 19.9 Å². The third-order valence-corrected chi connectivity index (χ3v) is 4.47. The first-order valence-corrected chi connectivity index (χ1v) is 8.41. The molecule has 5 nitrogen and oxygen atoms in total. The van der Waals surface area contributed by atoms with Gasteiger partial charge >= 0.3 is 0 Å². The van der Waals surface area contributed by atoms with E-state index in [1.165, 1.54) is 4.88 Å². The molecule has 6 heteroatoms. The maximum absolute atomic E-state index is 11.9. The Morgan fingerprint density at radius 2 is 2.29 bits per heavy atom. The minimum Gasteiger partial charge on any atom is -0.379 e. The summed E-state index contributed by atoms with van der Waals surface area (Å²) in [5.41, 5.74) is 0.770. The molecule has 2 rings (SSSR count). The molecular weight excluding hydrogens is 288 g/mol. The number of amides is 1. The number of hydrogen-bond acceptors (Lipinski definition) is 5. The monoisotopic (exact) mass is 312 g/mol. The summed E-state index contributed by atoms with van der Waals surface area (Å²) in [5, 5.41) is 4.85. The molecule has 0 aromatic carbocycles. The average molecular weight is 312 g/mol. The number of ether oxygens (including phenoxy) is 2. The molecule has 1 amide bonds. The van der Waals surface area contributed by atoms with Crippen LogP contribution in [-0.4, -0.2) is 57.0 Å². The Morgan fingerprint density at radius 1 is 1.48 bits per heavy atom. The number of hydrogen-bond donors (Lipinski definition) is 1. The molecule has 1 aliphatic heterocycles. The van der Waals surface area contributed by atoms with Crippen molar-refractivity contribution in [3.63, 3.8) is 0 Å². The number of aryl methyl sites for hydroxylation is 1. The summed E-state index contributed by atoms with van der Waals surface area (Å²) in [5.74, 6) is 0.0131. The normalized spacial score (nSPS) is 16.0. The van der Waals surface area contributed by atoms with Crippen molar-refractivity contribution in [2.45, 2.75) is 19.8 Å². The van der Waals surface area contributed by atoms with Crippen LogP contribution in [-0.2, 0) is 15.9 Å². The van der Waals surface area contributed by atoms with Crippen LogP contribution >= 0.6 is 11.3 Å². The summed E-state index contributed by atoms with van der Waals surface area (Å²) < 4.78 is 10.9. The van der Waals surface area contributed by atoms with E-state index in [1.807, 2.05) is 11.4 Å². The highest BCUT2D eigenvalue weighted by Gasteiger charge is 2.10. The maximum atomic E-state index is 11.9. The quantitative estimate of drug-likeness (QED) is 0.743. The van der Waals surface area contributed by atoms with E-state index < -0.39 is 0 Å². The molecule has 0 radical (unpaired) electrons. The van der Waals surface area contributed by atoms with Crippen molar-refractivity contribution in [1.29, 1.82) is 0 Å². The summed E-state index contributed by atoms with van der Waals surface area (Å²) in [6, 6.07) is 1.97. The first-order valence-electron chi connectivity index (χ1n) is 7.53. The number of nitrogens with zero attached hydrogens (tertiary/aromatic N) is 1. The Kier molecular flexibility index (Phi) is 7.15.